The van der Waals surface area contributed by atoms with E-state index in [0.29, 0.717) is 18.3 Å². The summed E-state index contributed by atoms with van der Waals surface area (Å²) in [5.74, 6) is 1.28. The van der Waals surface area contributed by atoms with Crippen molar-refractivity contribution in [2.45, 2.75) is 32.5 Å². The Balaban J connectivity index is 1.51. The molecule has 0 aliphatic carbocycles. The van der Waals surface area contributed by atoms with Gasteiger partial charge in [0, 0.05) is 39.1 Å². The highest BCUT2D eigenvalue weighted by Gasteiger charge is 2.19. The molecular weight excluding hydrogens is 306 g/mol. The van der Waals surface area contributed by atoms with Gasteiger partial charge in [0.1, 0.15) is 6.10 Å². The van der Waals surface area contributed by atoms with Gasteiger partial charge in [0.25, 0.3) is 0 Å². The molecule has 1 aliphatic heterocycles. The Morgan fingerprint density at radius 2 is 1.83 bits per heavy atom. The van der Waals surface area contributed by atoms with Crippen LogP contribution >= 0.6 is 0 Å². The minimum Gasteiger partial charge on any atom is -0.374 e. The molecule has 1 saturated heterocycles. The van der Waals surface area contributed by atoms with Crippen molar-refractivity contribution in [3.8, 4) is 0 Å². The second kappa shape index (κ2) is 8.32. The predicted octanol–water partition coefficient (Wildman–Crippen LogP) is 1.88. The van der Waals surface area contributed by atoms with Crippen LogP contribution in [0.5, 0.6) is 0 Å². The molecule has 0 radical (unpaired) electrons. The fraction of sp³-hybridized carbons (Fsp3) is 0.588. The van der Waals surface area contributed by atoms with Crippen LogP contribution in [0, 0.1) is 0 Å². The van der Waals surface area contributed by atoms with Crippen LogP contribution in [-0.4, -0.2) is 58.2 Å². The maximum absolute atomic E-state index is 5.35. The molecule has 1 atom stereocenters. The lowest BCUT2D eigenvalue weighted by molar-refractivity contribution is 0.109. The highest BCUT2D eigenvalue weighted by atomic mass is 16.5. The largest absolute Gasteiger partial charge is 0.374 e. The number of hydrogen-bond donors (Lipinski definition) is 0. The summed E-state index contributed by atoms with van der Waals surface area (Å²) < 4.78 is 10.6. The first-order valence-electron chi connectivity index (χ1n) is 8.43. The van der Waals surface area contributed by atoms with E-state index in [1.165, 1.54) is 5.56 Å². The van der Waals surface area contributed by atoms with E-state index < -0.39 is 0 Å². The molecule has 0 amide bonds. The first kappa shape index (κ1) is 17.0. The van der Waals surface area contributed by atoms with Crippen molar-refractivity contribution in [2.75, 3.05) is 33.3 Å². The third-order valence-corrected chi connectivity index (χ3v) is 4.40. The van der Waals surface area contributed by atoms with Crippen molar-refractivity contribution in [3.05, 3.63) is 41.8 Å². The van der Waals surface area contributed by atoms with Crippen molar-refractivity contribution >= 4 is 0 Å². The number of pyridine rings is 1. The first-order valence-corrected chi connectivity index (χ1v) is 8.43. The van der Waals surface area contributed by atoms with Gasteiger partial charge in [-0.1, -0.05) is 5.16 Å². The molecule has 0 N–H and O–H groups in total. The van der Waals surface area contributed by atoms with Crippen molar-refractivity contribution < 1.29 is 9.26 Å². The molecule has 3 heterocycles. The number of ether oxygens (including phenoxy) is 1. The fourth-order valence-corrected chi connectivity index (χ4v) is 2.88. The highest BCUT2D eigenvalue weighted by Crippen LogP contribution is 2.14. The van der Waals surface area contributed by atoms with Crippen molar-refractivity contribution in [3.63, 3.8) is 0 Å². The normalized spacial score (nSPS) is 18.4. The Morgan fingerprint density at radius 1 is 1.12 bits per heavy atom. The van der Waals surface area contributed by atoms with Crippen LogP contribution in [0.4, 0.5) is 0 Å². The van der Waals surface area contributed by atoms with Crippen LogP contribution in [0.3, 0.4) is 0 Å². The molecule has 7 heteroatoms. The zero-order valence-electron chi connectivity index (χ0n) is 14.4. The fourth-order valence-electron chi connectivity index (χ4n) is 2.88. The summed E-state index contributed by atoms with van der Waals surface area (Å²) in [5.41, 5.74) is 1.31. The molecule has 1 fully saturated rings. The minimum absolute atomic E-state index is 0.137. The number of methoxy groups -OCH3 is 1. The minimum atomic E-state index is -0.137. The Kier molecular flexibility index (Phi) is 5.90. The molecule has 0 saturated carbocycles. The van der Waals surface area contributed by atoms with E-state index in [1.807, 2.05) is 19.3 Å². The second-order valence-electron chi connectivity index (χ2n) is 6.19. The van der Waals surface area contributed by atoms with Crippen LogP contribution in [0.25, 0.3) is 0 Å². The van der Waals surface area contributed by atoms with Crippen LogP contribution in [0.15, 0.2) is 29.0 Å². The van der Waals surface area contributed by atoms with Crippen LogP contribution in [0.2, 0.25) is 0 Å². The van der Waals surface area contributed by atoms with E-state index in [0.717, 1.165) is 39.1 Å². The zero-order valence-corrected chi connectivity index (χ0v) is 14.4. The third kappa shape index (κ3) is 4.59. The van der Waals surface area contributed by atoms with E-state index in [1.54, 1.807) is 7.11 Å². The first-order chi connectivity index (χ1) is 11.7. The lowest BCUT2D eigenvalue weighted by Gasteiger charge is -2.20. The highest BCUT2D eigenvalue weighted by molar-refractivity contribution is 5.09. The lowest BCUT2D eigenvalue weighted by atomic mass is 10.2. The summed E-state index contributed by atoms with van der Waals surface area (Å²) in [6.45, 7) is 7.79. The van der Waals surface area contributed by atoms with Gasteiger partial charge in [-0.05, 0) is 44.1 Å². The third-order valence-electron chi connectivity index (χ3n) is 4.40. The Labute approximate surface area is 142 Å². The maximum atomic E-state index is 5.35. The monoisotopic (exact) mass is 331 g/mol. The van der Waals surface area contributed by atoms with Gasteiger partial charge >= 0.3 is 0 Å². The van der Waals surface area contributed by atoms with Gasteiger partial charge in [-0.15, -0.1) is 0 Å². The molecule has 2 aromatic heterocycles. The van der Waals surface area contributed by atoms with Gasteiger partial charge in [-0.2, -0.15) is 4.98 Å². The van der Waals surface area contributed by atoms with Gasteiger partial charge in [0.2, 0.25) is 5.89 Å². The SMILES string of the molecule is COC(C)c1noc(CN2CCCN(Cc3ccncc3)CC2)n1. The van der Waals surface area contributed by atoms with Gasteiger partial charge in [-0.3, -0.25) is 14.8 Å². The molecule has 1 unspecified atom stereocenters. The summed E-state index contributed by atoms with van der Waals surface area (Å²) in [5, 5.41) is 3.99. The van der Waals surface area contributed by atoms with Gasteiger partial charge < -0.3 is 9.26 Å². The van der Waals surface area contributed by atoms with E-state index in [9.17, 15) is 0 Å². The number of rotatable bonds is 6. The van der Waals surface area contributed by atoms with E-state index in [2.05, 4.69) is 37.1 Å². The Bertz CT molecular complexity index is 618. The van der Waals surface area contributed by atoms with E-state index >= 15 is 0 Å². The molecule has 0 aromatic carbocycles. The van der Waals surface area contributed by atoms with Gasteiger partial charge in [-0.25, -0.2) is 0 Å². The average Bonchev–Trinajstić information content (AvgIpc) is 2.97. The summed E-state index contributed by atoms with van der Waals surface area (Å²) in [6.07, 6.45) is 4.71. The predicted molar refractivity (Wildman–Crippen MR) is 89.1 cm³/mol. The molecule has 130 valence electrons. The molecular formula is C17H25N5O2. The lowest BCUT2D eigenvalue weighted by Crippen LogP contribution is -2.30. The summed E-state index contributed by atoms with van der Waals surface area (Å²) in [6, 6.07) is 4.17. The van der Waals surface area contributed by atoms with Gasteiger partial charge in [0.15, 0.2) is 5.82 Å². The van der Waals surface area contributed by atoms with E-state index in [-0.39, 0.29) is 6.10 Å². The van der Waals surface area contributed by atoms with Crippen LogP contribution in [-0.2, 0) is 17.8 Å². The molecule has 3 rings (SSSR count). The van der Waals surface area contributed by atoms with Crippen LogP contribution < -0.4 is 0 Å². The molecule has 7 nitrogen and oxygen atoms in total. The number of nitrogens with zero attached hydrogens (tertiary/aromatic N) is 5. The summed E-state index contributed by atoms with van der Waals surface area (Å²) >= 11 is 0. The Hall–Kier alpha value is -1.83. The Morgan fingerprint density at radius 3 is 2.54 bits per heavy atom. The standard InChI is InChI=1S/C17H25N5O2/c1-14(23-2)17-19-16(24-20-17)13-22-9-3-8-21(10-11-22)12-15-4-6-18-7-5-15/h4-7,14H,3,8-13H2,1-2H3. The quantitative estimate of drug-likeness (QED) is 0.800. The molecule has 1 aliphatic rings. The van der Waals surface area contributed by atoms with E-state index in [4.69, 9.17) is 9.26 Å². The maximum Gasteiger partial charge on any atom is 0.240 e. The number of hydrogen-bond acceptors (Lipinski definition) is 7. The molecule has 2 aromatic rings. The van der Waals surface area contributed by atoms with Gasteiger partial charge in [0.05, 0.1) is 6.54 Å². The molecule has 24 heavy (non-hydrogen) atoms. The summed E-state index contributed by atoms with van der Waals surface area (Å²) in [4.78, 5) is 13.4. The molecule has 0 bridgehead atoms. The zero-order chi connectivity index (χ0) is 16.8. The number of aromatic nitrogens is 3. The van der Waals surface area contributed by atoms with Crippen molar-refractivity contribution in [2.24, 2.45) is 0 Å². The topological polar surface area (TPSA) is 67.5 Å². The molecule has 0 spiro atoms. The van der Waals surface area contributed by atoms with Crippen molar-refractivity contribution in [1.29, 1.82) is 0 Å². The second-order valence-corrected chi connectivity index (χ2v) is 6.19. The average molecular weight is 331 g/mol. The smallest absolute Gasteiger partial charge is 0.240 e. The van der Waals surface area contributed by atoms with Crippen LogP contribution in [0.1, 0.15) is 36.7 Å². The summed E-state index contributed by atoms with van der Waals surface area (Å²) in [7, 11) is 1.65. The van der Waals surface area contributed by atoms with Crippen molar-refractivity contribution in [1.82, 2.24) is 24.9 Å².